The molecule has 0 aliphatic rings. The average Bonchev–Trinajstić information content (AvgIpc) is 3.06. The second-order valence-corrected chi connectivity index (χ2v) is 6.07. The van der Waals surface area contributed by atoms with Crippen LogP contribution in [0.2, 0.25) is 0 Å². The quantitative estimate of drug-likeness (QED) is 0.652. The van der Waals surface area contributed by atoms with Gasteiger partial charge in [0.15, 0.2) is 5.76 Å². The topological polar surface area (TPSA) is 58.7 Å². The van der Waals surface area contributed by atoms with Gasteiger partial charge in [-0.2, -0.15) is 0 Å². The number of anilines is 1. The standard InChI is InChI=1S/C19H26FN3O2/c1-3-5-12-23(4-2)14-18-11-10-17(25-18)13-21-19(24)22-16-8-6-15(20)7-9-16/h6-11H,3-5,12-14H2,1-2H3,(H2,21,22,24)/p+1. The largest absolute Gasteiger partial charge is 0.458 e. The number of halogens is 1. The zero-order chi connectivity index (χ0) is 18.1. The molecule has 0 radical (unpaired) electrons. The number of furan rings is 1. The van der Waals surface area contributed by atoms with E-state index in [4.69, 9.17) is 4.42 Å². The molecule has 1 atom stereocenters. The summed E-state index contributed by atoms with van der Waals surface area (Å²) in [5, 5.41) is 5.38. The van der Waals surface area contributed by atoms with Gasteiger partial charge in [0.2, 0.25) is 0 Å². The fourth-order valence-electron chi connectivity index (χ4n) is 2.55. The fourth-order valence-corrected chi connectivity index (χ4v) is 2.55. The Morgan fingerprint density at radius 2 is 1.84 bits per heavy atom. The van der Waals surface area contributed by atoms with Gasteiger partial charge >= 0.3 is 6.03 Å². The van der Waals surface area contributed by atoms with E-state index < -0.39 is 0 Å². The number of quaternary nitrogens is 1. The number of nitrogens with one attached hydrogen (secondary N) is 3. The van der Waals surface area contributed by atoms with Crippen molar-refractivity contribution in [3.8, 4) is 0 Å². The number of rotatable bonds is 9. The van der Waals surface area contributed by atoms with E-state index in [-0.39, 0.29) is 11.8 Å². The number of benzene rings is 1. The zero-order valence-electron chi connectivity index (χ0n) is 14.9. The summed E-state index contributed by atoms with van der Waals surface area (Å²) in [5.41, 5.74) is 0.539. The van der Waals surface area contributed by atoms with Crippen LogP contribution in [0.5, 0.6) is 0 Å². The summed E-state index contributed by atoms with van der Waals surface area (Å²) in [6, 6.07) is 9.13. The third-order valence-corrected chi connectivity index (χ3v) is 4.05. The van der Waals surface area contributed by atoms with Gasteiger partial charge in [-0.25, -0.2) is 9.18 Å². The molecule has 2 rings (SSSR count). The number of amides is 2. The van der Waals surface area contributed by atoms with E-state index in [1.54, 1.807) is 0 Å². The first-order chi connectivity index (χ1) is 12.1. The molecule has 1 unspecified atom stereocenters. The molecule has 1 aromatic carbocycles. The highest BCUT2D eigenvalue weighted by Crippen LogP contribution is 2.09. The molecule has 1 aromatic heterocycles. The number of urea groups is 1. The van der Waals surface area contributed by atoms with Crippen LogP contribution in [0.4, 0.5) is 14.9 Å². The highest BCUT2D eigenvalue weighted by atomic mass is 19.1. The molecule has 0 aliphatic carbocycles. The Morgan fingerprint density at radius 3 is 2.52 bits per heavy atom. The first-order valence-electron chi connectivity index (χ1n) is 8.82. The Hall–Kier alpha value is -2.34. The molecule has 0 bridgehead atoms. The van der Waals surface area contributed by atoms with Gasteiger partial charge < -0.3 is 20.0 Å². The summed E-state index contributed by atoms with van der Waals surface area (Å²) < 4.78 is 18.6. The maximum Gasteiger partial charge on any atom is 0.319 e. The van der Waals surface area contributed by atoms with Gasteiger partial charge in [-0.15, -0.1) is 0 Å². The van der Waals surface area contributed by atoms with Crippen LogP contribution in [0.15, 0.2) is 40.8 Å². The van der Waals surface area contributed by atoms with Crippen molar-refractivity contribution >= 4 is 11.7 Å². The van der Waals surface area contributed by atoms with E-state index in [9.17, 15) is 9.18 Å². The normalized spacial score (nSPS) is 12.0. The lowest BCUT2D eigenvalue weighted by Crippen LogP contribution is -3.10. The van der Waals surface area contributed by atoms with Crippen LogP contribution in [0.25, 0.3) is 0 Å². The highest BCUT2D eigenvalue weighted by Gasteiger charge is 2.11. The number of carbonyl (C=O) groups is 1. The molecule has 1 heterocycles. The molecule has 0 aliphatic heterocycles. The van der Waals surface area contributed by atoms with Gasteiger partial charge in [-0.1, -0.05) is 13.3 Å². The van der Waals surface area contributed by atoms with Crippen molar-refractivity contribution in [2.45, 2.75) is 39.8 Å². The number of carbonyl (C=O) groups excluding carboxylic acids is 1. The smallest absolute Gasteiger partial charge is 0.319 e. The Balaban J connectivity index is 1.78. The molecule has 5 nitrogen and oxygen atoms in total. The summed E-state index contributed by atoms with van der Waals surface area (Å²) in [6.45, 7) is 7.74. The molecular weight excluding hydrogens is 321 g/mol. The van der Waals surface area contributed by atoms with Gasteiger partial charge in [0.1, 0.15) is 18.1 Å². The zero-order valence-corrected chi connectivity index (χ0v) is 14.9. The summed E-state index contributed by atoms with van der Waals surface area (Å²) in [6.07, 6.45) is 2.40. The maximum absolute atomic E-state index is 12.8. The number of hydrogen-bond acceptors (Lipinski definition) is 2. The minimum absolute atomic E-state index is 0.309. The van der Waals surface area contributed by atoms with Crippen molar-refractivity contribution in [2.24, 2.45) is 0 Å². The third-order valence-electron chi connectivity index (χ3n) is 4.05. The summed E-state index contributed by atoms with van der Waals surface area (Å²) >= 11 is 0. The monoisotopic (exact) mass is 348 g/mol. The Morgan fingerprint density at radius 1 is 1.12 bits per heavy atom. The predicted octanol–water partition coefficient (Wildman–Crippen LogP) is 2.95. The molecule has 0 fully saturated rings. The Labute approximate surface area is 148 Å². The molecule has 136 valence electrons. The minimum atomic E-state index is -0.353. The lowest BCUT2D eigenvalue weighted by atomic mass is 10.3. The van der Waals surface area contributed by atoms with Crippen LogP contribution in [0, 0.1) is 5.82 Å². The first-order valence-corrected chi connectivity index (χ1v) is 8.82. The molecular formula is C19H27FN3O2+. The second-order valence-electron chi connectivity index (χ2n) is 6.07. The van der Waals surface area contributed by atoms with E-state index in [1.807, 2.05) is 12.1 Å². The van der Waals surface area contributed by atoms with Crippen LogP contribution in [0.1, 0.15) is 38.2 Å². The molecule has 0 saturated heterocycles. The van der Waals surface area contributed by atoms with E-state index >= 15 is 0 Å². The molecule has 0 saturated carbocycles. The van der Waals surface area contributed by atoms with Gasteiger partial charge in [0, 0.05) is 5.69 Å². The van der Waals surface area contributed by atoms with Gasteiger partial charge in [-0.3, -0.25) is 0 Å². The SMILES string of the molecule is CCCC[NH+](CC)Cc1ccc(CNC(=O)Nc2ccc(F)cc2)o1. The van der Waals surface area contributed by atoms with Crippen molar-refractivity contribution in [1.82, 2.24) is 5.32 Å². The third kappa shape index (κ3) is 6.58. The fraction of sp³-hybridized carbons (Fsp3) is 0.421. The minimum Gasteiger partial charge on any atom is -0.458 e. The van der Waals surface area contributed by atoms with Crippen molar-refractivity contribution in [1.29, 1.82) is 0 Å². The lowest BCUT2D eigenvalue weighted by Gasteiger charge is -2.15. The van der Waals surface area contributed by atoms with E-state index in [0.29, 0.717) is 12.2 Å². The van der Waals surface area contributed by atoms with Crippen molar-refractivity contribution in [3.05, 3.63) is 53.7 Å². The van der Waals surface area contributed by atoms with Crippen molar-refractivity contribution in [3.63, 3.8) is 0 Å². The highest BCUT2D eigenvalue weighted by molar-refractivity contribution is 5.89. The van der Waals surface area contributed by atoms with E-state index in [2.05, 4.69) is 24.5 Å². The van der Waals surface area contributed by atoms with Crippen LogP contribution in [-0.2, 0) is 13.1 Å². The predicted molar refractivity (Wildman–Crippen MR) is 95.9 cm³/mol. The molecule has 2 aromatic rings. The summed E-state index contributed by atoms with van der Waals surface area (Å²) in [5.74, 6) is 1.31. The van der Waals surface area contributed by atoms with Crippen molar-refractivity contribution in [2.75, 3.05) is 18.4 Å². The molecule has 2 amide bonds. The first kappa shape index (κ1) is 19.0. The van der Waals surface area contributed by atoms with Gasteiger partial charge in [0.25, 0.3) is 0 Å². The Kier molecular flexibility index (Phi) is 7.47. The molecule has 25 heavy (non-hydrogen) atoms. The Bertz CT molecular complexity index is 655. The molecule has 6 heteroatoms. The van der Waals surface area contributed by atoms with E-state index in [1.165, 1.54) is 42.0 Å². The second kappa shape index (κ2) is 9.84. The van der Waals surface area contributed by atoms with Crippen LogP contribution < -0.4 is 15.5 Å². The van der Waals surface area contributed by atoms with Crippen LogP contribution in [0.3, 0.4) is 0 Å². The lowest BCUT2D eigenvalue weighted by molar-refractivity contribution is -0.913. The van der Waals surface area contributed by atoms with E-state index in [0.717, 1.165) is 31.2 Å². The number of unbranched alkanes of at least 4 members (excludes halogenated alkanes) is 1. The van der Waals surface area contributed by atoms with Gasteiger partial charge in [0.05, 0.1) is 19.6 Å². The number of hydrogen-bond donors (Lipinski definition) is 3. The van der Waals surface area contributed by atoms with Gasteiger partial charge in [-0.05, 0) is 49.7 Å². The summed E-state index contributed by atoms with van der Waals surface area (Å²) in [4.78, 5) is 13.3. The van der Waals surface area contributed by atoms with Crippen molar-refractivity contribution < 1.29 is 18.5 Å². The average molecular weight is 348 g/mol. The summed E-state index contributed by atoms with van der Waals surface area (Å²) in [7, 11) is 0. The molecule has 0 spiro atoms. The maximum atomic E-state index is 12.8. The van der Waals surface area contributed by atoms with Crippen LogP contribution in [-0.4, -0.2) is 19.1 Å². The molecule has 3 N–H and O–H groups in total. The van der Waals surface area contributed by atoms with Crippen LogP contribution >= 0.6 is 0 Å².